The molecule has 0 aromatic heterocycles. The number of benzene rings is 1. The van der Waals surface area contributed by atoms with Crippen LogP contribution in [0, 0.1) is 10.7 Å². The molecule has 0 aliphatic rings. The van der Waals surface area contributed by atoms with Crippen molar-refractivity contribution in [2.24, 2.45) is 5.73 Å². The van der Waals surface area contributed by atoms with E-state index in [4.69, 9.17) is 5.73 Å². The minimum Gasteiger partial charge on any atom is -0.366 e. The molecule has 0 spiro atoms. The molecular formula is C9H7I3N2O2. The van der Waals surface area contributed by atoms with E-state index < -0.39 is 5.91 Å². The first kappa shape index (κ1) is 14.4. The summed E-state index contributed by atoms with van der Waals surface area (Å²) < 4.78 is 2.16. The van der Waals surface area contributed by atoms with E-state index in [1.165, 1.54) is 0 Å². The van der Waals surface area contributed by atoms with Gasteiger partial charge in [-0.2, -0.15) is 0 Å². The van der Waals surface area contributed by atoms with Crippen LogP contribution in [0.3, 0.4) is 0 Å². The number of nitrogens with two attached hydrogens (primary N) is 1. The van der Waals surface area contributed by atoms with Gasteiger partial charge >= 0.3 is 0 Å². The maximum absolute atomic E-state index is 11.7. The lowest BCUT2D eigenvalue weighted by molar-refractivity contribution is 0.0961. The Morgan fingerprint density at radius 3 is 2.12 bits per heavy atom. The smallest absolute Gasteiger partial charge is 0.253 e. The maximum Gasteiger partial charge on any atom is 0.253 e. The second-order valence-corrected chi connectivity index (χ2v) is 6.25. The fourth-order valence-electron chi connectivity index (χ4n) is 1.15. The van der Waals surface area contributed by atoms with Crippen molar-refractivity contribution in [3.63, 3.8) is 0 Å². The number of nitrogens with one attached hydrogen (secondary N) is 1. The van der Waals surface area contributed by atoms with Crippen LogP contribution in [-0.2, 0) is 0 Å². The molecule has 2 amide bonds. The van der Waals surface area contributed by atoms with Crippen LogP contribution in [-0.4, -0.2) is 18.9 Å². The number of carbonyl (C=O) groups excluding carboxylic acids is 2. The molecule has 1 aromatic carbocycles. The Morgan fingerprint density at radius 2 is 1.69 bits per heavy atom. The summed E-state index contributed by atoms with van der Waals surface area (Å²) in [5, 5.41) is 2.55. The summed E-state index contributed by atoms with van der Waals surface area (Å²) in [7, 11) is 1.55. The normalized spacial score (nSPS) is 10.0. The molecule has 1 aromatic rings. The van der Waals surface area contributed by atoms with Gasteiger partial charge < -0.3 is 11.1 Å². The summed E-state index contributed by atoms with van der Waals surface area (Å²) in [6.07, 6.45) is 0. The summed E-state index contributed by atoms with van der Waals surface area (Å²) >= 11 is 6.08. The van der Waals surface area contributed by atoms with Crippen molar-refractivity contribution in [1.82, 2.24) is 5.32 Å². The second kappa shape index (κ2) is 5.80. The first-order valence-corrected chi connectivity index (χ1v) is 7.33. The number of amides is 2. The topological polar surface area (TPSA) is 72.2 Å². The molecule has 16 heavy (non-hydrogen) atoms. The summed E-state index contributed by atoms with van der Waals surface area (Å²) in [4.78, 5) is 23.0. The van der Waals surface area contributed by atoms with E-state index in [0.29, 0.717) is 14.7 Å². The first-order valence-electron chi connectivity index (χ1n) is 4.09. The minimum atomic E-state index is -0.518. The van der Waals surface area contributed by atoms with Crippen LogP contribution in [0.5, 0.6) is 0 Å². The summed E-state index contributed by atoms with van der Waals surface area (Å²) in [5.74, 6) is -0.733. The van der Waals surface area contributed by atoms with Crippen LogP contribution in [0.25, 0.3) is 0 Å². The van der Waals surface area contributed by atoms with Gasteiger partial charge in [-0.25, -0.2) is 0 Å². The third kappa shape index (κ3) is 2.78. The standard InChI is InChI=1S/C9H7I3N2O2/c1-14-9(16)6-4(11)2-3(10)5(7(6)12)8(13)15/h2H,1H3,(H2,13,15)(H,14,16). The van der Waals surface area contributed by atoms with Crippen LogP contribution >= 0.6 is 67.8 Å². The van der Waals surface area contributed by atoms with E-state index >= 15 is 0 Å². The summed E-state index contributed by atoms with van der Waals surface area (Å²) in [5.41, 5.74) is 6.19. The summed E-state index contributed by atoms with van der Waals surface area (Å²) in [6, 6.07) is 1.77. The largest absolute Gasteiger partial charge is 0.366 e. The van der Waals surface area contributed by atoms with Gasteiger partial charge in [0, 0.05) is 17.8 Å². The molecule has 0 bridgehead atoms. The van der Waals surface area contributed by atoms with Crippen molar-refractivity contribution >= 4 is 79.6 Å². The molecular weight excluding hydrogens is 549 g/mol. The number of hydrogen-bond donors (Lipinski definition) is 2. The first-order chi connectivity index (χ1) is 7.40. The predicted molar refractivity (Wildman–Crippen MR) is 86.5 cm³/mol. The van der Waals surface area contributed by atoms with Crippen LogP contribution in [0.2, 0.25) is 0 Å². The highest BCUT2D eigenvalue weighted by atomic mass is 127. The second-order valence-electron chi connectivity index (χ2n) is 2.85. The number of hydrogen-bond acceptors (Lipinski definition) is 2. The lowest BCUT2D eigenvalue weighted by Gasteiger charge is -2.11. The van der Waals surface area contributed by atoms with Crippen molar-refractivity contribution in [1.29, 1.82) is 0 Å². The third-order valence-electron chi connectivity index (χ3n) is 1.87. The maximum atomic E-state index is 11.7. The highest BCUT2D eigenvalue weighted by Gasteiger charge is 2.21. The molecule has 0 atom stereocenters. The van der Waals surface area contributed by atoms with Crippen molar-refractivity contribution < 1.29 is 9.59 Å². The predicted octanol–water partition coefficient (Wildman–Crippen LogP) is 1.96. The van der Waals surface area contributed by atoms with E-state index in [0.717, 1.165) is 7.14 Å². The van der Waals surface area contributed by atoms with E-state index in [1.54, 1.807) is 13.1 Å². The van der Waals surface area contributed by atoms with E-state index in [2.05, 4.69) is 27.9 Å². The Bertz CT molecular complexity index is 474. The number of rotatable bonds is 2. The van der Waals surface area contributed by atoms with Gasteiger partial charge in [0.05, 0.1) is 11.1 Å². The fourth-order valence-corrected chi connectivity index (χ4v) is 5.54. The molecule has 0 radical (unpaired) electrons. The Morgan fingerprint density at radius 1 is 1.19 bits per heavy atom. The lowest BCUT2D eigenvalue weighted by Crippen LogP contribution is -2.24. The lowest BCUT2D eigenvalue weighted by atomic mass is 10.1. The van der Waals surface area contributed by atoms with Crippen molar-refractivity contribution in [3.05, 3.63) is 27.9 Å². The molecule has 86 valence electrons. The molecule has 0 saturated heterocycles. The number of halogens is 3. The van der Waals surface area contributed by atoms with Gasteiger partial charge in [0.2, 0.25) is 0 Å². The third-order valence-corrected chi connectivity index (χ3v) is 4.65. The van der Waals surface area contributed by atoms with E-state index in [9.17, 15) is 9.59 Å². The molecule has 0 fully saturated rings. The van der Waals surface area contributed by atoms with E-state index in [-0.39, 0.29) is 5.91 Å². The quantitative estimate of drug-likeness (QED) is 0.548. The molecule has 3 N–H and O–H groups in total. The minimum absolute atomic E-state index is 0.215. The monoisotopic (exact) mass is 556 g/mol. The zero-order valence-corrected chi connectivity index (χ0v) is 14.6. The van der Waals surface area contributed by atoms with Crippen molar-refractivity contribution in [2.45, 2.75) is 0 Å². The highest BCUT2D eigenvalue weighted by molar-refractivity contribution is 14.1. The van der Waals surface area contributed by atoms with Gasteiger partial charge in [0.15, 0.2) is 0 Å². The molecule has 0 heterocycles. The Hall–Kier alpha value is 0.350. The average Bonchev–Trinajstić information content (AvgIpc) is 2.15. The molecule has 4 nitrogen and oxygen atoms in total. The van der Waals surface area contributed by atoms with Crippen LogP contribution in [0.4, 0.5) is 0 Å². The molecule has 0 saturated carbocycles. The van der Waals surface area contributed by atoms with Crippen LogP contribution in [0.1, 0.15) is 20.7 Å². The molecule has 0 unspecified atom stereocenters. The Balaban J connectivity index is 3.57. The van der Waals surface area contributed by atoms with E-state index in [1.807, 2.05) is 45.2 Å². The SMILES string of the molecule is CNC(=O)c1c(I)cc(I)c(C(N)=O)c1I. The Labute approximate surface area is 134 Å². The fraction of sp³-hybridized carbons (Fsp3) is 0.111. The molecule has 1 rings (SSSR count). The molecule has 0 aliphatic heterocycles. The average molecular weight is 556 g/mol. The van der Waals surface area contributed by atoms with Gasteiger partial charge in [-0.15, -0.1) is 0 Å². The molecule has 7 heteroatoms. The van der Waals surface area contributed by atoms with Gasteiger partial charge in [0.25, 0.3) is 11.8 Å². The van der Waals surface area contributed by atoms with Crippen molar-refractivity contribution in [2.75, 3.05) is 7.05 Å². The van der Waals surface area contributed by atoms with Gasteiger partial charge in [-0.05, 0) is 73.8 Å². The number of primary amides is 1. The van der Waals surface area contributed by atoms with Gasteiger partial charge in [-0.1, -0.05) is 0 Å². The van der Waals surface area contributed by atoms with Crippen LogP contribution in [0.15, 0.2) is 6.07 Å². The zero-order chi connectivity index (χ0) is 12.5. The van der Waals surface area contributed by atoms with Crippen LogP contribution < -0.4 is 11.1 Å². The van der Waals surface area contributed by atoms with Crippen molar-refractivity contribution in [3.8, 4) is 0 Å². The highest BCUT2D eigenvalue weighted by Crippen LogP contribution is 2.27. The van der Waals surface area contributed by atoms with Gasteiger partial charge in [-0.3, -0.25) is 9.59 Å². The Kier molecular flexibility index (Phi) is 5.22. The number of carbonyl (C=O) groups is 2. The molecule has 0 aliphatic carbocycles. The van der Waals surface area contributed by atoms with Gasteiger partial charge in [0.1, 0.15) is 0 Å². The zero-order valence-electron chi connectivity index (χ0n) is 8.11. The summed E-state index contributed by atoms with van der Waals surface area (Å²) in [6.45, 7) is 0.